The van der Waals surface area contributed by atoms with Crippen molar-refractivity contribution in [1.82, 2.24) is 0 Å². The number of nitrogens with one attached hydrogen (secondary N) is 1. The Morgan fingerprint density at radius 1 is 0.933 bits per heavy atom. The minimum absolute atomic E-state index is 0.0248. The summed E-state index contributed by atoms with van der Waals surface area (Å²) >= 11 is 0. The normalized spacial score (nSPS) is 13.0. The number of benzene rings is 3. The zero-order valence-electron chi connectivity index (χ0n) is 16.0. The number of hydrogen-bond acceptors (Lipinski definition) is 6. The maximum Gasteiger partial charge on any atom is 0.296 e. The van der Waals surface area contributed by atoms with E-state index < -0.39 is 32.3 Å². The van der Waals surface area contributed by atoms with Gasteiger partial charge in [-0.15, -0.1) is 0 Å². The third-order valence-corrected chi connectivity index (χ3v) is 6.01. The number of nitrogens with two attached hydrogens (primary N) is 1. The highest BCUT2D eigenvalue weighted by atomic mass is 32.2. The highest BCUT2D eigenvalue weighted by Crippen LogP contribution is 2.40. The molecule has 4 N–H and O–H groups in total. The maximum absolute atomic E-state index is 13.2. The summed E-state index contributed by atoms with van der Waals surface area (Å²) in [5.74, 6) is -1.03. The molecule has 0 saturated heterocycles. The van der Waals surface area contributed by atoms with Crippen molar-refractivity contribution in [3.63, 3.8) is 0 Å². The van der Waals surface area contributed by atoms with Gasteiger partial charge in [-0.05, 0) is 30.2 Å². The summed E-state index contributed by atoms with van der Waals surface area (Å²) in [5.41, 5.74) is 7.34. The van der Waals surface area contributed by atoms with Crippen LogP contribution in [-0.4, -0.2) is 24.5 Å². The molecule has 0 radical (unpaired) electrons. The smallest absolute Gasteiger partial charge is 0.296 e. The van der Waals surface area contributed by atoms with E-state index in [2.05, 4.69) is 5.32 Å². The molecule has 0 bridgehead atoms. The number of aryl methyl sites for hydroxylation is 1. The van der Waals surface area contributed by atoms with Gasteiger partial charge in [-0.2, -0.15) is 8.42 Å². The Morgan fingerprint density at radius 3 is 2.03 bits per heavy atom. The molecule has 0 aromatic heterocycles. The monoisotopic (exact) mass is 422 g/mol. The van der Waals surface area contributed by atoms with Crippen LogP contribution >= 0.6 is 0 Å². The van der Waals surface area contributed by atoms with E-state index in [1.165, 1.54) is 12.1 Å². The highest BCUT2D eigenvalue weighted by molar-refractivity contribution is 7.86. The lowest BCUT2D eigenvalue weighted by molar-refractivity contribution is 0.0980. The van der Waals surface area contributed by atoms with Crippen LogP contribution in [0.3, 0.4) is 0 Å². The summed E-state index contributed by atoms with van der Waals surface area (Å²) in [6.07, 6.45) is 0.841. The standard InChI is InChI=1S/C22H18N2O5S/c1-2-12-7-9-13(10-8-12)24-16-11-17(30(27,28)29)20(23)19-18(16)21(25)14-5-3-4-6-15(14)22(19)26/h3-11,24H,2,23H2,1H3,(H,27,28,29). The van der Waals surface area contributed by atoms with E-state index in [9.17, 15) is 22.6 Å². The Labute approximate surface area is 173 Å². The van der Waals surface area contributed by atoms with Crippen LogP contribution in [0.15, 0.2) is 59.5 Å². The van der Waals surface area contributed by atoms with Gasteiger partial charge in [0.25, 0.3) is 10.1 Å². The summed E-state index contributed by atoms with van der Waals surface area (Å²) < 4.78 is 33.5. The second kappa shape index (κ2) is 7.08. The van der Waals surface area contributed by atoms with Crippen LogP contribution < -0.4 is 11.1 Å². The molecule has 30 heavy (non-hydrogen) atoms. The number of carbonyl (C=O) groups excluding carboxylic acids is 2. The number of rotatable bonds is 4. The summed E-state index contributed by atoms with van der Waals surface area (Å²) in [4.78, 5) is 25.7. The van der Waals surface area contributed by atoms with E-state index >= 15 is 0 Å². The zero-order valence-corrected chi connectivity index (χ0v) is 16.8. The van der Waals surface area contributed by atoms with Crippen molar-refractivity contribution in [3.8, 4) is 0 Å². The van der Waals surface area contributed by atoms with E-state index in [1.807, 2.05) is 19.1 Å². The van der Waals surface area contributed by atoms with Crippen molar-refractivity contribution in [2.24, 2.45) is 0 Å². The third-order valence-electron chi connectivity index (χ3n) is 5.12. The minimum atomic E-state index is -4.74. The van der Waals surface area contributed by atoms with Crippen LogP contribution in [0.5, 0.6) is 0 Å². The summed E-state index contributed by atoms with van der Waals surface area (Å²) in [6.45, 7) is 2.01. The summed E-state index contributed by atoms with van der Waals surface area (Å²) in [5, 5.41) is 3.00. The molecule has 0 atom stereocenters. The van der Waals surface area contributed by atoms with Crippen LogP contribution in [0.2, 0.25) is 0 Å². The first-order chi connectivity index (χ1) is 14.2. The Kier molecular flexibility index (Phi) is 4.68. The Balaban J connectivity index is 1.98. The number of ketones is 2. The van der Waals surface area contributed by atoms with E-state index in [0.717, 1.165) is 18.1 Å². The summed E-state index contributed by atoms with van der Waals surface area (Å²) in [7, 11) is -4.74. The molecule has 3 aromatic rings. The molecule has 0 fully saturated rings. The van der Waals surface area contributed by atoms with Crippen molar-refractivity contribution in [1.29, 1.82) is 0 Å². The number of anilines is 3. The largest absolute Gasteiger partial charge is 0.397 e. The van der Waals surface area contributed by atoms with Crippen molar-refractivity contribution in [2.75, 3.05) is 11.1 Å². The predicted molar refractivity (Wildman–Crippen MR) is 113 cm³/mol. The van der Waals surface area contributed by atoms with Crippen LogP contribution in [0.4, 0.5) is 17.1 Å². The van der Waals surface area contributed by atoms with Gasteiger partial charge in [-0.1, -0.05) is 43.3 Å². The van der Waals surface area contributed by atoms with E-state index in [1.54, 1.807) is 24.3 Å². The molecule has 7 nitrogen and oxygen atoms in total. The molecule has 4 rings (SSSR count). The third kappa shape index (κ3) is 3.16. The van der Waals surface area contributed by atoms with Gasteiger partial charge in [0, 0.05) is 16.8 Å². The molecule has 0 amide bonds. The van der Waals surface area contributed by atoms with Gasteiger partial charge in [0.1, 0.15) is 4.90 Å². The fourth-order valence-corrected chi connectivity index (χ4v) is 4.23. The molecule has 0 unspecified atom stereocenters. The molecule has 152 valence electrons. The van der Waals surface area contributed by atoms with Crippen LogP contribution in [0.25, 0.3) is 0 Å². The van der Waals surface area contributed by atoms with Crippen LogP contribution in [-0.2, 0) is 16.5 Å². The molecule has 1 aliphatic rings. The lowest BCUT2D eigenvalue weighted by atomic mass is 9.82. The second-order valence-corrected chi connectivity index (χ2v) is 8.33. The first-order valence-electron chi connectivity index (χ1n) is 9.20. The predicted octanol–water partition coefficient (Wildman–Crippen LogP) is 3.60. The molecule has 0 heterocycles. The van der Waals surface area contributed by atoms with Crippen LogP contribution in [0.1, 0.15) is 44.3 Å². The van der Waals surface area contributed by atoms with E-state index in [-0.39, 0.29) is 27.9 Å². The first kappa shape index (κ1) is 19.8. The van der Waals surface area contributed by atoms with E-state index in [4.69, 9.17) is 5.73 Å². The fourth-order valence-electron chi connectivity index (χ4n) is 3.58. The minimum Gasteiger partial charge on any atom is -0.397 e. The van der Waals surface area contributed by atoms with Gasteiger partial charge in [-0.3, -0.25) is 14.1 Å². The lowest BCUT2D eigenvalue weighted by Gasteiger charge is -2.23. The van der Waals surface area contributed by atoms with Crippen molar-refractivity contribution < 1.29 is 22.6 Å². The highest BCUT2D eigenvalue weighted by Gasteiger charge is 2.36. The second-order valence-electron chi connectivity index (χ2n) is 6.94. The lowest BCUT2D eigenvalue weighted by Crippen LogP contribution is -2.25. The van der Waals surface area contributed by atoms with Gasteiger partial charge in [-0.25, -0.2) is 0 Å². The number of fused-ring (bicyclic) bond motifs is 2. The molecule has 0 saturated carbocycles. The molecular formula is C22H18N2O5S. The molecular weight excluding hydrogens is 404 g/mol. The zero-order chi connectivity index (χ0) is 21.6. The Bertz CT molecular complexity index is 1310. The topological polar surface area (TPSA) is 127 Å². The van der Waals surface area contributed by atoms with Crippen molar-refractivity contribution in [2.45, 2.75) is 18.2 Å². The van der Waals surface area contributed by atoms with Gasteiger partial charge in [0.2, 0.25) is 0 Å². The summed E-state index contributed by atoms with van der Waals surface area (Å²) in [6, 6.07) is 14.7. The van der Waals surface area contributed by atoms with Gasteiger partial charge < -0.3 is 11.1 Å². The van der Waals surface area contributed by atoms with Gasteiger partial charge in [0.05, 0.1) is 22.5 Å². The van der Waals surface area contributed by atoms with Gasteiger partial charge >= 0.3 is 0 Å². The number of nitrogen functional groups attached to an aromatic ring is 1. The Hall–Kier alpha value is -3.49. The van der Waals surface area contributed by atoms with Crippen LogP contribution in [0, 0.1) is 0 Å². The van der Waals surface area contributed by atoms with Crippen molar-refractivity contribution in [3.05, 3.63) is 82.4 Å². The molecule has 0 aliphatic heterocycles. The van der Waals surface area contributed by atoms with Gasteiger partial charge in [0.15, 0.2) is 11.6 Å². The molecule has 8 heteroatoms. The number of carbonyl (C=O) groups is 2. The first-order valence-corrected chi connectivity index (χ1v) is 10.6. The quantitative estimate of drug-likeness (QED) is 0.339. The Morgan fingerprint density at radius 2 is 1.50 bits per heavy atom. The van der Waals surface area contributed by atoms with E-state index in [0.29, 0.717) is 5.69 Å². The molecule has 0 spiro atoms. The SMILES string of the molecule is CCc1ccc(Nc2cc(S(=O)(=O)O)c(N)c3c2C(=O)c2ccccc2C3=O)cc1. The number of hydrogen-bond donors (Lipinski definition) is 3. The average molecular weight is 422 g/mol. The maximum atomic E-state index is 13.2. The average Bonchev–Trinajstić information content (AvgIpc) is 2.72. The molecule has 3 aromatic carbocycles. The fraction of sp³-hybridized carbons (Fsp3) is 0.0909. The molecule has 1 aliphatic carbocycles. The van der Waals surface area contributed by atoms with Crippen molar-refractivity contribution >= 4 is 38.7 Å².